The fourth-order valence-corrected chi connectivity index (χ4v) is 9.24. The summed E-state index contributed by atoms with van der Waals surface area (Å²) in [5.74, 6) is -0.826. The number of ether oxygens (including phenoxy) is 2. The van der Waals surface area contributed by atoms with Gasteiger partial charge in [0, 0.05) is 12.8 Å². The molecule has 0 bridgehead atoms. The van der Waals surface area contributed by atoms with Gasteiger partial charge in [-0.25, -0.2) is 0 Å². The summed E-state index contributed by atoms with van der Waals surface area (Å²) in [6.45, 7) is 4.25. The number of quaternary nitrogens is 1. The number of unbranched alkanes of at least 4 members (excludes halogenated alkanes) is 35. The summed E-state index contributed by atoms with van der Waals surface area (Å²) < 4.78 is 34.2. The quantitative estimate of drug-likeness (QED) is 0.0195. The Labute approximate surface area is 433 Å². The van der Waals surface area contributed by atoms with Gasteiger partial charge in [-0.3, -0.25) is 14.2 Å². The van der Waals surface area contributed by atoms with Crippen molar-refractivity contribution in [3.05, 3.63) is 36.5 Å². The molecule has 2 unspecified atom stereocenters. The fourth-order valence-electron chi connectivity index (χ4n) is 8.51. The molecule has 0 heterocycles. The van der Waals surface area contributed by atoms with Gasteiger partial charge in [0.15, 0.2) is 6.10 Å². The van der Waals surface area contributed by atoms with Crippen LogP contribution >= 0.6 is 7.82 Å². The van der Waals surface area contributed by atoms with Gasteiger partial charge in [0.25, 0.3) is 7.82 Å². The van der Waals surface area contributed by atoms with Crippen molar-refractivity contribution in [2.24, 2.45) is 0 Å². The predicted octanol–water partition coefficient (Wildman–Crippen LogP) is 17.7. The number of nitrogens with zero attached hydrogens (tertiary/aromatic N) is 1. The van der Waals surface area contributed by atoms with Gasteiger partial charge in [-0.2, -0.15) is 0 Å². The summed E-state index contributed by atoms with van der Waals surface area (Å²) in [6.07, 6.45) is 63.3. The maximum absolute atomic E-state index is 12.8. The van der Waals surface area contributed by atoms with E-state index < -0.39 is 26.5 Å². The first-order valence-corrected chi connectivity index (χ1v) is 31.2. The first-order chi connectivity index (χ1) is 34.0. The van der Waals surface area contributed by atoms with E-state index in [0.29, 0.717) is 17.4 Å². The van der Waals surface area contributed by atoms with Crippen molar-refractivity contribution in [2.75, 3.05) is 47.5 Å². The van der Waals surface area contributed by atoms with E-state index in [-0.39, 0.29) is 32.0 Å². The maximum atomic E-state index is 12.8. The Kier molecular flexibility index (Phi) is 50.8. The molecule has 0 aliphatic heterocycles. The molecule has 0 aromatic rings. The Morgan fingerprint density at radius 3 is 1.17 bits per heavy atom. The molecule has 0 fully saturated rings. The predicted molar refractivity (Wildman–Crippen MR) is 296 cm³/mol. The molecular formula is C60H114NO8P. The Hall–Kier alpha value is -1.77. The second kappa shape index (κ2) is 52.1. The van der Waals surface area contributed by atoms with Crippen LogP contribution in [-0.4, -0.2) is 70.0 Å². The number of rotatable bonds is 55. The third kappa shape index (κ3) is 55.5. The van der Waals surface area contributed by atoms with Gasteiger partial charge in [-0.05, 0) is 70.6 Å². The number of hydrogen-bond acceptors (Lipinski definition) is 8. The number of carbonyl (C=O) groups is 2. The molecule has 0 saturated heterocycles. The zero-order valence-electron chi connectivity index (χ0n) is 46.7. The maximum Gasteiger partial charge on any atom is 0.306 e. The van der Waals surface area contributed by atoms with E-state index >= 15 is 0 Å². The highest BCUT2D eigenvalue weighted by atomic mass is 31.2. The fraction of sp³-hybridized carbons (Fsp3) is 0.867. The van der Waals surface area contributed by atoms with E-state index in [9.17, 15) is 19.0 Å². The van der Waals surface area contributed by atoms with Crippen LogP contribution in [0.4, 0.5) is 0 Å². The average molecular weight is 1010 g/mol. The first-order valence-electron chi connectivity index (χ1n) is 29.7. The van der Waals surface area contributed by atoms with Crippen molar-refractivity contribution in [2.45, 2.75) is 290 Å². The van der Waals surface area contributed by atoms with Gasteiger partial charge in [0.1, 0.15) is 19.8 Å². The van der Waals surface area contributed by atoms with Crippen LogP contribution in [0.1, 0.15) is 284 Å². The third-order valence-corrected chi connectivity index (χ3v) is 14.1. The van der Waals surface area contributed by atoms with Crippen LogP contribution < -0.4 is 4.89 Å². The average Bonchev–Trinajstić information content (AvgIpc) is 3.32. The van der Waals surface area contributed by atoms with Crippen LogP contribution in [0.5, 0.6) is 0 Å². The summed E-state index contributed by atoms with van der Waals surface area (Å²) in [4.78, 5) is 37.9. The summed E-state index contributed by atoms with van der Waals surface area (Å²) >= 11 is 0. The van der Waals surface area contributed by atoms with Gasteiger partial charge < -0.3 is 27.9 Å². The smallest absolute Gasteiger partial charge is 0.306 e. The van der Waals surface area contributed by atoms with E-state index in [1.165, 1.54) is 199 Å². The second-order valence-electron chi connectivity index (χ2n) is 21.4. The Balaban J connectivity index is 4.10. The SMILES string of the molecule is CCCCC/C=C\C/C=C\CCCCCCCCCCCC(=O)OC(COC(=O)CCCCCCCCCCCCCCCCC/C=C\CCCCCCCCCC)COP(=O)([O-])OCC[N+](C)(C)C. The molecule has 2 atom stereocenters. The number of hydrogen-bond donors (Lipinski definition) is 0. The Morgan fingerprint density at radius 2 is 0.771 bits per heavy atom. The third-order valence-electron chi connectivity index (χ3n) is 13.1. The van der Waals surface area contributed by atoms with E-state index in [1.807, 2.05) is 21.1 Å². The minimum Gasteiger partial charge on any atom is -0.756 e. The molecular weight excluding hydrogens is 894 g/mol. The monoisotopic (exact) mass is 1010 g/mol. The van der Waals surface area contributed by atoms with Crippen LogP contribution in [0.25, 0.3) is 0 Å². The summed E-state index contributed by atoms with van der Waals surface area (Å²) in [5.41, 5.74) is 0. The number of esters is 2. The molecule has 10 heteroatoms. The molecule has 0 saturated carbocycles. The van der Waals surface area contributed by atoms with Gasteiger partial charge in [0.2, 0.25) is 0 Å². The van der Waals surface area contributed by atoms with E-state index in [2.05, 4.69) is 50.3 Å². The molecule has 0 radical (unpaired) electrons. The second-order valence-corrected chi connectivity index (χ2v) is 22.8. The van der Waals surface area contributed by atoms with Crippen LogP contribution in [0.2, 0.25) is 0 Å². The van der Waals surface area contributed by atoms with Crippen molar-refractivity contribution in [3.8, 4) is 0 Å². The van der Waals surface area contributed by atoms with Crippen LogP contribution in [0, 0.1) is 0 Å². The zero-order valence-corrected chi connectivity index (χ0v) is 47.6. The molecule has 0 aliphatic rings. The summed E-state index contributed by atoms with van der Waals surface area (Å²) in [6, 6.07) is 0. The van der Waals surface area contributed by atoms with E-state index in [0.717, 1.165) is 51.4 Å². The van der Waals surface area contributed by atoms with Gasteiger partial charge in [-0.1, -0.05) is 237 Å². The lowest BCUT2D eigenvalue weighted by atomic mass is 10.0. The minimum absolute atomic E-state index is 0.0306. The molecule has 0 rings (SSSR count). The van der Waals surface area contributed by atoms with Crippen molar-refractivity contribution in [1.29, 1.82) is 0 Å². The van der Waals surface area contributed by atoms with E-state index in [1.54, 1.807) is 0 Å². The molecule has 412 valence electrons. The number of phosphoric ester groups is 1. The number of allylic oxidation sites excluding steroid dienone is 6. The van der Waals surface area contributed by atoms with Crippen molar-refractivity contribution in [3.63, 3.8) is 0 Å². The normalized spacial score (nSPS) is 13.5. The van der Waals surface area contributed by atoms with Crippen LogP contribution in [0.15, 0.2) is 36.5 Å². The molecule has 0 spiro atoms. The van der Waals surface area contributed by atoms with Crippen molar-refractivity contribution < 1.29 is 42.1 Å². The van der Waals surface area contributed by atoms with Gasteiger partial charge in [-0.15, -0.1) is 0 Å². The highest BCUT2D eigenvalue weighted by Crippen LogP contribution is 2.38. The standard InChI is InChI=1S/C60H114NO8P/c1-6-8-10-12-14-16-18-20-22-24-26-27-28-29-30-31-32-33-35-36-38-40-42-44-46-48-50-52-59(62)66-56-58(57-68-70(64,65)67-55-54-61(3,4)5)69-60(63)53-51-49-47-45-43-41-39-37-34-25-23-21-19-17-15-13-11-9-7-2/h15,17,21,23-24,26,58H,6-14,16,18-20,22,25,27-57H2,1-5H3/b17-15-,23-21-,26-24-. The Bertz CT molecular complexity index is 1280. The van der Waals surface area contributed by atoms with Gasteiger partial charge in [0.05, 0.1) is 27.7 Å². The number of phosphoric acid groups is 1. The number of likely N-dealkylation sites (N-methyl/N-ethyl adjacent to an activating group) is 1. The lowest BCUT2D eigenvalue weighted by Crippen LogP contribution is -2.37. The highest BCUT2D eigenvalue weighted by Gasteiger charge is 2.22. The molecule has 9 nitrogen and oxygen atoms in total. The summed E-state index contributed by atoms with van der Waals surface area (Å²) in [7, 11) is 1.17. The molecule has 0 aliphatic carbocycles. The highest BCUT2D eigenvalue weighted by molar-refractivity contribution is 7.45. The lowest BCUT2D eigenvalue weighted by Gasteiger charge is -2.28. The lowest BCUT2D eigenvalue weighted by molar-refractivity contribution is -0.870. The molecule has 0 amide bonds. The summed E-state index contributed by atoms with van der Waals surface area (Å²) in [5, 5.41) is 0. The molecule has 0 aromatic heterocycles. The largest absolute Gasteiger partial charge is 0.756 e. The van der Waals surface area contributed by atoms with Crippen LogP contribution in [-0.2, 0) is 32.7 Å². The first kappa shape index (κ1) is 68.2. The Morgan fingerprint density at radius 1 is 0.443 bits per heavy atom. The number of carbonyl (C=O) groups excluding carboxylic acids is 2. The minimum atomic E-state index is -4.63. The van der Waals surface area contributed by atoms with Crippen molar-refractivity contribution >= 4 is 19.8 Å². The van der Waals surface area contributed by atoms with Crippen LogP contribution in [0.3, 0.4) is 0 Å². The zero-order chi connectivity index (χ0) is 51.3. The molecule has 0 N–H and O–H groups in total. The topological polar surface area (TPSA) is 111 Å². The van der Waals surface area contributed by atoms with Crippen molar-refractivity contribution in [1.82, 2.24) is 0 Å². The van der Waals surface area contributed by atoms with Gasteiger partial charge >= 0.3 is 11.9 Å². The molecule has 70 heavy (non-hydrogen) atoms. The van der Waals surface area contributed by atoms with E-state index in [4.69, 9.17) is 18.5 Å². The molecule has 0 aromatic carbocycles.